The van der Waals surface area contributed by atoms with Gasteiger partial charge in [-0.1, -0.05) is 45.9 Å². The van der Waals surface area contributed by atoms with Crippen molar-refractivity contribution in [1.82, 2.24) is 0 Å². The molecule has 25 heavy (non-hydrogen) atoms. The van der Waals surface area contributed by atoms with Crippen LogP contribution in [-0.4, -0.2) is 21.0 Å². The van der Waals surface area contributed by atoms with Gasteiger partial charge in [-0.2, -0.15) is 0 Å². The summed E-state index contributed by atoms with van der Waals surface area (Å²) in [5.74, 6) is -0.435. The van der Waals surface area contributed by atoms with Crippen molar-refractivity contribution in [2.75, 3.05) is 11.3 Å². The van der Waals surface area contributed by atoms with Gasteiger partial charge >= 0.3 is 5.97 Å². The minimum atomic E-state index is -3.62. The number of benzene rings is 2. The summed E-state index contributed by atoms with van der Waals surface area (Å²) in [5.41, 5.74) is 0.756. The third kappa shape index (κ3) is 7.39. The van der Waals surface area contributed by atoms with Crippen LogP contribution >= 0.6 is 0 Å². The number of rotatable bonds is 5. The first-order chi connectivity index (χ1) is 12.0. The van der Waals surface area contributed by atoms with Gasteiger partial charge in [0.1, 0.15) is 0 Å². The number of carbonyl (C=O) groups is 1. The van der Waals surface area contributed by atoms with Gasteiger partial charge in [-0.15, -0.1) is 0 Å². The van der Waals surface area contributed by atoms with Gasteiger partial charge in [0.25, 0.3) is 10.0 Å². The zero-order valence-electron chi connectivity index (χ0n) is 15.4. The normalized spacial score (nSPS) is 9.64. The van der Waals surface area contributed by atoms with E-state index in [9.17, 15) is 13.2 Å². The van der Waals surface area contributed by atoms with Crippen LogP contribution in [0.2, 0.25) is 0 Å². The Kier molecular flexibility index (Phi) is 11.0. The third-order valence-electron chi connectivity index (χ3n) is 2.70. The number of esters is 1. The molecule has 5 nitrogen and oxygen atoms in total. The van der Waals surface area contributed by atoms with Gasteiger partial charge in [-0.05, 0) is 43.3 Å². The number of hydrogen-bond donors (Lipinski definition) is 1. The van der Waals surface area contributed by atoms with Crippen molar-refractivity contribution in [2.24, 2.45) is 0 Å². The molecule has 0 aromatic heterocycles. The van der Waals surface area contributed by atoms with E-state index in [0.29, 0.717) is 17.9 Å². The Morgan fingerprint density at radius 2 is 1.44 bits per heavy atom. The van der Waals surface area contributed by atoms with E-state index >= 15 is 0 Å². The van der Waals surface area contributed by atoms with Gasteiger partial charge in [0.15, 0.2) is 0 Å². The SMILES string of the molecule is CC.CC.CCOC(=O)c1ccc(NS(=O)(=O)c2ccccc2)cc1. The summed E-state index contributed by atoms with van der Waals surface area (Å²) >= 11 is 0. The Bertz CT molecular complexity index is 711. The first-order valence-electron chi connectivity index (χ1n) is 8.38. The molecule has 0 spiro atoms. The topological polar surface area (TPSA) is 72.5 Å². The summed E-state index contributed by atoms with van der Waals surface area (Å²) in [4.78, 5) is 11.7. The van der Waals surface area contributed by atoms with E-state index in [-0.39, 0.29) is 4.90 Å². The molecule has 0 aliphatic carbocycles. The molecule has 6 heteroatoms. The molecule has 0 fully saturated rings. The van der Waals surface area contributed by atoms with Crippen molar-refractivity contribution in [2.45, 2.75) is 39.5 Å². The van der Waals surface area contributed by atoms with Crippen molar-refractivity contribution < 1.29 is 17.9 Å². The van der Waals surface area contributed by atoms with Gasteiger partial charge < -0.3 is 4.74 Å². The van der Waals surface area contributed by atoms with Crippen molar-refractivity contribution in [3.05, 3.63) is 60.2 Å². The summed E-state index contributed by atoms with van der Waals surface area (Å²) in [6, 6.07) is 14.1. The minimum absolute atomic E-state index is 0.180. The van der Waals surface area contributed by atoms with Crippen LogP contribution in [0.3, 0.4) is 0 Å². The lowest BCUT2D eigenvalue weighted by Crippen LogP contribution is -2.13. The van der Waals surface area contributed by atoms with E-state index < -0.39 is 16.0 Å². The first kappa shape index (κ1) is 22.7. The molecule has 138 valence electrons. The van der Waals surface area contributed by atoms with Crippen LogP contribution in [0, 0.1) is 0 Å². The molecule has 0 aliphatic rings. The van der Waals surface area contributed by atoms with Gasteiger partial charge in [0, 0.05) is 5.69 Å². The van der Waals surface area contributed by atoms with Crippen LogP contribution in [-0.2, 0) is 14.8 Å². The highest BCUT2D eigenvalue weighted by Gasteiger charge is 2.13. The van der Waals surface area contributed by atoms with Crippen LogP contribution in [0.1, 0.15) is 45.0 Å². The average Bonchev–Trinajstić information content (AvgIpc) is 2.66. The van der Waals surface area contributed by atoms with Crippen LogP contribution < -0.4 is 4.72 Å². The molecule has 2 aromatic rings. The second kappa shape index (κ2) is 12.1. The molecule has 0 radical (unpaired) electrons. The van der Waals surface area contributed by atoms with Crippen molar-refractivity contribution in [3.63, 3.8) is 0 Å². The third-order valence-corrected chi connectivity index (χ3v) is 4.10. The maximum atomic E-state index is 12.1. The van der Waals surface area contributed by atoms with E-state index in [1.807, 2.05) is 27.7 Å². The maximum absolute atomic E-state index is 12.1. The van der Waals surface area contributed by atoms with Crippen LogP contribution in [0.25, 0.3) is 0 Å². The molecule has 0 atom stereocenters. The molecule has 2 aromatic carbocycles. The van der Waals surface area contributed by atoms with Crippen molar-refractivity contribution >= 4 is 21.7 Å². The zero-order valence-corrected chi connectivity index (χ0v) is 16.3. The number of sulfonamides is 1. The highest BCUT2D eigenvalue weighted by molar-refractivity contribution is 7.92. The first-order valence-corrected chi connectivity index (χ1v) is 9.86. The highest BCUT2D eigenvalue weighted by Crippen LogP contribution is 2.16. The lowest BCUT2D eigenvalue weighted by molar-refractivity contribution is 0.0526. The minimum Gasteiger partial charge on any atom is -0.462 e. The van der Waals surface area contributed by atoms with Gasteiger partial charge in [0.05, 0.1) is 17.1 Å². The summed E-state index contributed by atoms with van der Waals surface area (Å²) in [5, 5.41) is 0. The maximum Gasteiger partial charge on any atom is 0.338 e. The molecule has 0 saturated carbocycles. The van der Waals surface area contributed by atoms with Gasteiger partial charge in [-0.3, -0.25) is 4.72 Å². The van der Waals surface area contributed by atoms with Gasteiger partial charge in [-0.25, -0.2) is 13.2 Å². The molecule has 0 amide bonds. The lowest BCUT2D eigenvalue weighted by Gasteiger charge is -2.08. The predicted molar refractivity (Wildman–Crippen MR) is 102 cm³/mol. The fourth-order valence-electron chi connectivity index (χ4n) is 1.70. The Labute approximate surface area is 151 Å². The number of anilines is 1. The quantitative estimate of drug-likeness (QED) is 0.778. The van der Waals surface area contributed by atoms with E-state index in [1.165, 1.54) is 36.4 Å². The molecular formula is C19H27NO4S. The molecule has 0 heterocycles. The fraction of sp³-hybridized carbons (Fsp3) is 0.316. The second-order valence-corrected chi connectivity index (χ2v) is 5.90. The molecule has 0 saturated heterocycles. The smallest absolute Gasteiger partial charge is 0.338 e. The zero-order chi connectivity index (χ0) is 19.3. The Balaban J connectivity index is 0.00000134. The summed E-state index contributed by atoms with van der Waals surface area (Å²) in [7, 11) is -3.62. The Morgan fingerprint density at radius 1 is 0.920 bits per heavy atom. The Hall–Kier alpha value is -2.34. The second-order valence-electron chi connectivity index (χ2n) is 4.22. The van der Waals surface area contributed by atoms with Crippen LogP contribution in [0.4, 0.5) is 5.69 Å². The van der Waals surface area contributed by atoms with E-state index in [4.69, 9.17) is 4.74 Å². The summed E-state index contributed by atoms with van der Waals surface area (Å²) in [6.45, 7) is 10.0. The van der Waals surface area contributed by atoms with Crippen LogP contribution in [0.15, 0.2) is 59.5 Å². The number of nitrogens with one attached hydrogen (secondary N) is 1. The average molecular weight is 365 g/mol. The molecule has 0 bridgehead atoms. The Morgan fingerprint density at radius 3 is 1.92 bits per heavy atom. The number of ether oxygens (including phenoxy) is 1. The van der Waals surface area contributed by atoms with E-state index in [0.717, 1.165) is 0 Å². The van der Waals surface area contributed by atoms with Crippen molar-refractivity contribution in [3.8, 4) is 0 Å². The molecule has 0 aliphatic heterocycles. The van der Waals surface area contributed by atoms with Crippen molar-refractivity contribution in [1.29, 1.82) is 0 Å². The molecule has 0 unspecified atom stereocenters. The summed E-state index contributed by atoms with van der Waals surface area (Å²) < 4.78 is 31.6. The largest absolute Gasteiger partial charge is 0.462 e. The highest BCUT2D eigenvalue weighted by atomic mass is 32.2. The monoisotopic (exact) mass is 365 g/mol. The fourth-order valence-corrected chi connectivity index (χ4v) is 2.78. The van der Waals surface area contributed by atoms with Crippen LogP contribution in [0.5, 0.6) is 0 Å². The summed E-state index contributed by atoms with van der Waals surface area (Å²) in [6.07, 6.45) is 0. The van der Waals surface area contributed by atoms with Gasteiger partial charge in [0.2, 0.25) is 0 Å². The number of hydrogen-bond acceptors (Lipinski definition) is 4. The van der Waals surface area contributed by atoms with E-state index in [1.54, 1.807) is 25.1 Å². The standard InChI is InChI=1S/C15H15NO4S.2C2H6/c1-2-20-15(17)12-8-10-13(11-9-12)16-21(18,19)14-6-4-3-5-7-14;2*1-2/h3-11,16H,2H2,1H3;2*1-2H3. The lowest BCUT2D eigenvalue weighted by atomic mass is 10.2. The molecular weight excluding hydrogens is 338 g/mol. The molecule has 2 rings (SSSR count). The predicted octanol–water partition coefficient (Wildman–Crippen LogP) is 4.72. The molecule has 1 N–H and O–H groups in total. The number of carbonyl (C=O) groups excluding carboxylic acids is 1. The van der Waals surface area contributed by atoms with E-state index in [2.05, 4.69) is 4.72 Å².